The smallest absolute Gasteiger partial charge is 0.302 e. The van der Waals surface area contributed by atoms with Crippen LogP contribution in [0.2, 0.25) is 0 Å². The standard InChI is InChI=1S/C19H25FN4O4S2/c1-12-5-6-15(18(20)14(12)3)11-29-19-21-16(9-17(22-19)28-13(2)10-25)23-30(26,27)24-7-4-8-24/h5-6,9,13,25H,4,7-8,10-11H2,1-3H3,(H,21,22,23)/t13-/m1/s1. The summed E-state index contributed by atoms with van der Waals surface area (Å²) in [4.78, 5) is 8.51. The van der Waals surface area contributed by atoms with Crippen molar-refractivity contribution in [2.24, 2.45) is 0 Å². The lowest BCUT2D eigenvalue weighted by Gasteiger charge is -2.29. The summed E-state index contributed by atoms with van der Waals surface area (Å²) in [6.45, 7) is 5.91. The third kappa shape index (κ3) is 5.39. The second-order valence-corrected chi connectivity index (χ2v) is 9.73. The van der Waals surface area contributed by atoms with Crippen LogP contribution in [-0.4, -0.2) is 53.6 Å². The van der Waals surface area contributed by atoms with E-state index in [1.165, 1.54) is 22.1 Å². The molecule has 0 bridgehead atoms. The van der Waals surface area contributed by atoms with Gasteiger partial charge in [0.1, 0.15) is 17.7 Å². The highest BCUT2D eigenvalue weighted by molar-refractivity contribution is 7.98. The zero-order valence-corrected chi connectivity index (χ0v) is 18.7. The quantitative estimate of drug-likeness (QED) is 0.441. The number of nitrogens with zero attached hydrogens (tertiary/aromatic N) is 3. The molecule has 1 aliphatic heterocycles. The van der Waals surface area contributed by atoms with Gasteiger partial charge in [-0.15, -0.1) is 0 Å². The number of ether oxygens (including phenoxy) is 1. The first-order valence-electron chi connectivity index (χ1n) is 9.51. The Kier molecular flexibility index (Phi) is 7.17. The average Bonchev–Trinajstić information content (AvgIpc) is 2.63. The van der Waals surface area contributed by atoms with Gasteiger partial charge in [0.05, 0.1) is 6.61 Å². The van der Waals surface area contributed by atoms with Crippen molar-refractivity contribution in [3.8, 4) is 5.88 Å². The Hall–Kier alpha value is -1.95. The van der Waals surface area contributed by atoms with Crippen molar-refractivity contribution in [3.05, 3.63) is 40.7 Å². The van der Waals surface area contributed by atoms with Crippen LogP contribution < -0.4 is 9.46 Å². The Balaban J connectivity index is 1.83. The molecule has 1 saturated heterocycles. The molecule has 0 saturated carbocycles. The number of nitrogens with one attached hydrogen (secondary N) is 1. The van der Waals surface area contributed by atoms with E-state index in [1.54, 1.807) is 19.9 Å². The van der Waals surface area contributed by atoms with Gasteiger partial charge in [0, 0.05) is 24.9 Å². The number of aliphatic hydroxyl groups excluding tert-OH is 1. The van der Waals surface area contributed by atoms with Crippen LogP contribution >= 0.6 is 11.8 Å². The first-order valence-corrected chi connectivity index (χ1v) is 11.9. The molecule has 1 atom stereocenters. The Morgan fingerprint density at radius 2 is 2.07 bits per heavy atom. The molecule has 0 amide bonds. The molecule has 0 radical (unpaired) electrons. The molecular weight excluding hydrogens is 431 g/mol. The zero-order valence-electron chi connectivity index (χ0n) is 17.1. The number of halogens is 1. The van der Waals surface area contributed by atoms with E-state index in [2.05, 4.69) is 14.7 Å². The van der Waals surface area contributed by atoms with E-state index in [0.717, 1.165) is 12.0 Å². The number of thioether (sulfide) groups is 1. The minimum absolute atomic E-state index is 0.0556. The van der Waals surface area contributed by atoms with Crippen LogP contribution in [0.25, 0.3) is 0 Å². The van der Waals surface area contributed by atoms with Crippen LogP contribution in [0, 0.1) is 19.7 Å². The van der Waals surface area contributed by atoms with E-state index in [1.807, 2.05) is 13.0 Å². The van der Waals surface area contributed by atoms with Crippen LogP contribution in [0.1, 0.15) is 30.0 Å². The van der Waals surface area contributed by atoms with Crippen molar-refractivity contribution < 1.29 is 22.7 Å². The number of hydrogen-bond acceptors (Lipinski definition) is 7. The van der Waals surface area contributed by atoms with Crippen molar-refractivity contribution in [3.63, 3.8) is 0 Å². The highest BCUT2D eigenvalue weighted by Crippen LogP contribution is 2.28. The first kappa shape index (κ1) is 22.7. The Morgan fingerprint density at radius 3 is 2.70 bits per heavy atom. The molecule has 0 aliphatic carbocycles. The number of anilines is 1. The van der Waals surface area contributed by atoms with E-state index in [-0.39, 0.29) is 35.0 Å². The maximum atomic E-state index is 14.5. The molecule has 0 spiro atoms. The van der Waals surface area contributed by atoms with Crippen LogP contribution in [0.5, 0.6) is 5.88 Å². The average molecular weight is 457 g/mol. The van der Waals surface area contributed by atoms with Gasteiger partial charge in [0.2, 0.25) is 5.88 Å². The van der Waals surface area contributed by atoms with Gasteiger partial charge in [-0.3, -0.25) is 4.72 Å². The topological polar surface area (TPSA) is 105 Å². The lowest BCUT2D eigenvalue weighted by molar-refractivity contribution is 0.124. The van der Waals surface area contributed by atoms with E-state index in [0.29, 0.717) is 24.2 Å². The predicted octanol–water partition coefficient (Wildman–Crippen LogP) is 2.65. The van der Waals surface area contributed by atoms with Crippen LogP contribution in [-0.2, 0) is 16.0 Å². The SMILES string of the molecule is Cc1ccc(CSc2nc(NS(=O)(=O)N3CCC3)cc(O[C@H](C)CO)n2)c(F)c1C. The van der Waals surface area contributed by atoms with Crippen molar-refractivity contribution in [2.45, 2.75) is 44.2 Å². The van der Waals surface area contributed by atoms with E-state index in [4.69, 9.17) is 4.74 Å². The molecule has 3 rings (SSSR count). The Bertz CT molecular complexity index is 1020. The fraction of sp³-hybridized carbons (Fsp3) is 0.474. The number of aryl methyl sites for hydroxylation is 1. The molecule has 164 valence electrons. The molecule has 2 heterocycles. The van der Waals surface area contributed by atoms with E-state index < -0.39 is 16.3 Å². The largest absolute Gasteiger partial charge is 0.472 e. The van der Waals surface area contributed by atoms with Crippen LogP contribution in [0.3, 0.4) is 0 Å². The predicted molar refractivity (Wildman–Crippen MR) is 113 cm³/mol. The minimum Gasteiger partial charge on any atom is -0.472 e. The first-order chi connectivity index (χ1) is 14.2. The van der Waals surface area contributed by atoms with Crippen LogP contribution in [0.4, 0.5) is 10.2 Å². The van der Waals surface area contributed by atoms with E-state index in [9.17, 15) is 17.9 Å². The van der Waals surface area contributed by atoms with Gasteiger partial charge in [-0.1, -0.05) is 23.9 Å². The molecular formula is C19H25FN4O4S2. The summed E-state index contributed by atoms with van der Waals surface area (Å²) in [7, 11) is -3.71. The molecule has 0 unspecified atom stereocenters. The maximum absolute atomic E-state index is 14.5. The molecule has 1 aromatic carbocycles. The molecule has 1 fully saturated rings. The van der Waals surface area contributed by atoms with Gasteiger partial charge in [-0.25, -0.2) is 9.37 Å². The van der Waals surface area contributed by atoms with Gasteiger partial charge >= 0.3 is 10.2 Å². The second kappa shape index (κ2) is 9.46. The lowest BCUT2D eigenvalue weighted by Crippen LogP contribution is -2.45. The molecule has 1 aromatic heterocycles. The molecule has 2 aromatic rings. The number of hydrogen-bond donors (Lipinski definition) is 2. The fourth-order valence-electron chi connectivity index (χ4n) is 2.64. The number of aromatic nitrogens is 2. The van der Waals surface area contributed by atoms with E-state index >= 15 is 0 Å². The summed E-state index contributed by atoms with van der Waals surface area (Å²) in [5, 5.41) is 9.46. The molecule has 2 N–H and O–H groups in total. The van der Waals surface area contributed by atoms with Gasteiger partial charge in [-0.05, 0) is 43.9 Å². The van der Waals surface area contributed by atoms with Gasteiger partial charge in [-0.2, -0.15) is 17.7 Å². The van der Waals surface area contributed by atoms with Crippen molar-refractivity contribution in [2.75, 3.05) is 24.4 Å². The lowest BCUT2D eigenvalue weighted by atomic mass is 10.1. The highest BCUT2D eigenvalue weighted by Gasteiger charge is 2.28. The summed E-state index contributed by atoms with van der Waals surface area (Å²) in [6, 6.07) is 4.93. The zero-order chi connectivity index (χ0) is 21.9. The number of aliphatic hydroxyl groups is 1. The van der Waals surface area contributed by atoms with Gasteiger partial charge < -0.3 is 9.84 Å². The highest BCUT2D eigenvalue weighted by atomic mass is 32.2. The summed E-state index contributed by atoms with van der Waals surface area (Å²) in [5.74, 6) is 0.170. The van der Waals surface area contributed by atoms with Crippen molar-refractivity contribution in [1.29, 1.82) is 0 Å². The van der Waals surface area contributed by atoms with Crippen molar-refractivity contribution in [1.82, 2.24) is 14.3 Å². The number of benzene rings is 1. The second-order valence-electron chi connectivity index (χ2n) is 7.11. The summed E-state index contributed by atoms with van der Waals surface area (Å²) in [6.07, 6.45) is 0.283. The van der Waals surface area contributed by atoms with Gasteiger partial charge in [0.25, 0.3) is 0 Å². The third-order valence-corrected chi connectivity index (χ3v) is 7.15. The Morgan fingerprint density at radius 1 is 1.33 bits per heavy atom. The van der Waals surface area contributed by atoms with Crippen LogP contribution in [0.15, 0.2) is 23.4 Å². The molecule has 11 heteroatoms. The van der Waals surface area contributed by atoms with Crippen molar-refractivity contribution >= 4 is 27.8 Å². The summed E-state index contributed by atoms with van der Waals surface area (Å²) < 4.78 is 48.6. The summed E-state index contributed by atoms with van der Waals surface area (Å²) >= 11 is 1.17. The fourth-order valence-corrected chi connectivity index (χ4v) is 4.70. The minimum atomic E-state index is -3.71. The molecule has 8 nitrogen and oxygen atoms in total. The normalized spacial score (nSPS) is 15.5. The maximum Gasteiger partial charge on any atom is 0.302 e. The summed E-state index contributed by atoms with van der Waals surface area (Å²) in [5.41, 5.74) is 1.96. The molecule has 1 aliphatic rings. The van der Waals surface area contributed by atoms with Gasteiger partial charge in [0.15, 0.2) is 5.16 Å². The number of rotatable bonds is 9. The third-order valence-electron chi connectivity index (χ3n) is 4.74. The monoisotopic (exact) mass is 456 g/mol. The Labute approximate surface area is 180 Å². The molecule has 30 heavy (non-hydrogen) atoms.